The Bertz CT molecular complexity index is 306. The molecule has 0 aromatic heterocycles. The fourth-order valence-electron chi connectivity index (χ4n) is 1.38. The molecular formula is C9H12ClNOS. The number of hydrogen-bond acceptors (Lipinski definition) is 3. The van der Waals surface area contributed by atoms with Gasteiger partial charge in [-0.2, -0.15) is 0 Å². The fourth-order valence-corrected chi connectivity index (χ4v) is 2.44. The van der Waals surface area contributed by atoms with Gasteiger partial charge in [-0.1, -0.05) is 6.07 Å². The molecule has 0 fully saturated rings. The number of benzene rings is 1. The zero-order valence-electron chi connectivity index (χ0n) is 7.06. The van der Waals surface area contributed by atoms with Crippen LogP contribution in [0.25, 0.3) is 0 Å². The standard InChI is InChI=1S/C9H11NOS.ClH/c10-7-3-6-1-2-8(11)4-9(6)12-5-7;/h1-2,4,7,11H,3,5,10H2;1H/t7-;/m0./s1. The van der Waals surface area contributed by atoms with E-state index in [1.54, 1.807) is 17.8 Å². The van der Waals surface area contributed by atoms with E-state index < -0.39 is 0 Å². The number of phenols is 1. The van der Waals surface area contributed by atoms with E-state index in [0.29, 0.717) is 5.75 Å². The molecule has 0 amide bonds. The number of halogens is 1. The van der Waals surface area contributed by atoms with Crippen molar-refractivity contribution in [1.82, 2.24) is 0 Å². The molecule has 1 aliphatic rings. The summed E-state index contributed by atoms with van der Waals surface area (Å²) in [5.74, 6) is 1.30. The molecule has 1 aromatic carbocycles. The SMILES string of the molecule is Cl.N[C@@H]1CSc2cc(O)ccc2C1. The summed E-state index contributed by atoms with van der Waals surface area (Å²) in [6, 6.07) is 5.76. The lowest BCUT2D eigenvalue weighted by atomic mass is 10.1. The summed E-state index contributed by atoms with van der Waals surface area (Å²) in [5.41, 5.74) is 7.06. The molecule has 1 atom stereocenters. The summed E-state index contributed by atoms with van der Waals surface area (Å²) in [7, 11) is 0. The molecule has 1 heterocycles. The molecule has 0 saturated heterocycles. The third-order valence-corrected chi connectivity index (χ3v) is 3.27. The normalized spacial score (nSPS) is 20.2. The molecule has 0 radical (unpaired) electrons. The maximum atomic E-state index is 9.21. The van der Waals surface area contributed by atoms with Crippen LogP contribution in [0.2, 0.25) is 0 Å². The first-order valence-corrected chi connectivity index (χ1v) is 4.94. The number of fused-ring (bicyclic) bond motifs is 1. The predicted octanol–water partition coefficient (Wildman–Crippen LogP) is 1.79. The summed E-state index contributed by atoms with van der Waals surface area (Å²) < 4.78 is 0. The highest BCUT2D eigenvalue weighted by molar-refractivity contribution is 7.99. The van der Waals surface area contributed by atoms with Crippen molar-refractivity contribution in [3.8, 4) is 5.75 Å². The Hall–Kier alpha value is -0.380. The number of aromatic hydroxyl groups is 1. The molecule has 1 aliphatic heterocycles. The molecule has 2 nitrogen and oxygen atoms in total. The van der Waals surface area contributed by atoms with E-state index in [1.165, 1.54) is 10.5 Å². The van der Waals surface area contributed by atoms with E-state index in [0.717, 1.165) is 12.2 Å². The van der Waals surface area contributed by atoms with Gasteiger partial charge in [-0.05, 0) is 24.1 Å². The maximum Gasteiger partial charge on any atom is 0.116 e. The molecule has 0 saturated carbocycles. The molecule has 2 rings (SSSR count). The molecule has 0 bridgehead atoms. The first-order valence-electron chi connectivity index (χ1n) is 3.96. The first-order chi connectivity index (χ1) is 5.75. The van der Waals surface area contributed by atoms with E-state index in [9.17, 15) is 5.11 Å². The van der Waals surface area contributed by atoms with Gasteiger partial charge < -0.3 is 10.8 Å². The van der Waals surface area contributed by atoms with Crippen molar-refractivity contribution < 1.29 is 5.11 Å². The average Bonchev–Trinajstić information content (AvgIpc) is 2.05. The van der Waals surface area contributed by atoms with Gasteiger partial charge in [-0.15, -0.1) is 24.2 Å². The molecule has 13 heavy (non-hydrogen) atoms. The van der Waals surface area contributed by atoms with Crippen LogP contribution in [0.4, 0.5) is 0 Å². The molecule has 0 spiro atoms. The molecular weight excluding hydrogens is 206 g/mol. The number of thioether (sulfide) groups is 1. The van der Waals surface area contributed by atoms with Crippen molar-refractivity contribution in [2.75, 3.05) is 5.75 Å². The van der Waals surface area contributed by atoms with Gasteiger partial charge in [0, 0.05) is 16.7 Å². The second kappa shape index (κ2) is 4.22. The minimum absolute atomic E-state index is 0. The number of rotatable bonds is 0. The number of phenolic OH excluding ortho intramolecular Hbond substituents is 1. The Morgan fingerprint density at radius 1 is 1.46 bits per heavy atom. The monoisotopic (exact) mass is 217 g/mol. The van der Waals surface area contributed by atoms with Crippen LogP contribution in [0.1, 0.15) is 5.56 Å². The Balaban J connectivity index is 0.000000845. The summed E-state index contributed by atoms with van der Waals surface area (Å²) in [5, 5.41) is 9.21. The van der Waals surface area contributed by atoms with Crippen LogP contribution in [-0.2, 0) is 6.42 Å². The van der Waals surface area contributed by atoms with Crippen LogP contribution < -0.4 is 5.73 Å². The smallest absolute Gasteiger partial charge is 0.116 e. The molecule has 4 heteroatoms. The number of hydrogen-bond donors (Lipinski definition) is 2. The minimum atomic E-state index is 0. The zero-order chi connectivity index (χ0) is 8.55. The Morgan fingerprint density at radius 3 is 3.00 bits per heavy atom. The van der Waals surface area contributed by atoms with Crippen LogP contribution in [0.3, 0.4) is 0 Å². The largest absolute Gasteiger partial charge is 0.508 e. The van der Waals surface area contributed by atoms with Crippen LogP contribution in [0.15, 0.2) is 23.1 Å². The lowest BCUT2D eigenvalue weighted by Crippen LogP contribution is -2.28. The average molecular weight is 218 g/mol. The van der Waals surface area contributed by atoms with E-state index in [1.807, 2.05) is 12.1 Å². The van der Waals surface area contributed by atoms with Crippen molar-refractivity contribution in [3.05, 3.63) is 23.8 Å². The van der Waals surface area contributed by atoms with Crippen molar-refractivity contribution in [2.45, 2.75) is 17.4 Å². The topological polar surface area (TPSA) is 46.2 Å². The second-order valence-electron chi connectivity index (χ2n) is 3.07. The van der Waals surface area contributed by atoms with Gasteiger partial charge >= 0.3 is 0 Å². The van der Waals surface area contributed by atoms with Crippen LogP contribution in [-0.4, -0.2) is 16.9 Å². The summed E-state index contributed by atoms with van der Waals surface area (Å²) in [6.07, 6.45) is 0.933. The van der Waals surface area contributed by atoms with Crippen LogP contribution in [0.5, 0.6) is 5.75 Å². The van der Waals surface area contributed by atoms with Gasteiger partial charge in [0.25, 0.3) is 0 Å². The highest BCUT2D eigenvalue weighted by atomic mass is 35.5. The number of nitrogens with two attached hydrogens (primary N) is 1. The van der Waals surface area contributed by atoms with E-state index >= 15 is 0 Å². The molecule has 3 N–H and O–H groups in total. The van der Waals surface area contributed by atoms with Crippen molar-refractivity contribution in [2.24, 2.45) is 5.73 Å². The zero-order valence-corrected chi connectivity index (χ0v) is 8.70. The quantitative estimate of drug-likeness (QED) is 0.697. The van der Waals surface area contributed by atoms with E-state index in [2.05, 4.69) is 0 Å². The van der Waals surface area contributed by atoms with Gasteiger partial charge in [-0.3, -0.25) is 0 Å². The Kier molecular flexibility index (Phi) is 3.47. The molecule has 1 aromatic rings. The second-order valence-corrected chi connectivity index (χ2v) is 4.13. The van der Waals surface area contributed by atoms with Gasteiger partial charge in [0.2, 0.25) is 0 Å². The van der Waals surface area contributed by atoms with Gasteiger partial charge in [-0.25, -0.2) is 0 Å². The predicted molar refractivity (Wildman–Crippen MR) is 57.8 cm³/mol. The maximum absolute atomic E-state index is 9.21. The third kappa shape index (κ3) is 2.30. The highest BCUT2D eigenvalue weighted by Gasteiger charge is 2.15. The van der Waals surface area contributed by atoms with E-state index in [4.69, 9.17) is 5.73 Å². The van der Waals surface area contributed by atoms with Gasteiger partial charge in [0.05, 0.1) is 0 Å². The van der Waals surface area contributed by atoms with Gasteiger partial charge in [0.15, 0.2) is 0 Å². The minimum Gasteiger partial charge on any atom is -0.508 e. The lowest BCUT2D eigenvalue weighted by molar-refractivity contribution is 0.473. The van der Waals surface area contributed by atoms with Gasteiger partial charge in [0.1, 0.15) is 5.75 Å². The Morgan fingerprint density at radius 2 is 2.23 bits per heavy atom. The van der Waals surface area contributed by atoms with Crippen molar-refractivity contribution >= 4 is 24.2 Å². The first kappa shape index (κ1) is 10.7. The lowest BCUT2D eigenvalue weighted by Gasteiger charge is -2.20. The van der Waals surface area contributed by atoms with E-state index in [-0.39, 0.29) is 18.4 Å². The van der Waals surface area contributed by atoms with Crippen LogP contribution in [0, 0.1) is 0 Å². The molecule has 72 valence electrons. The molecule has 0 unspecified atom stereocenters. The Labute approximate surface area is 87.9 Å². The highest BCUT2D eigenvalue weighted by Crippen LogP contribution is 2.31. The van der Waals surface area contributed by atoms with Crippen molar-refractivity contribution in [1.29, 1.82) is 0 Å². The molecule has 0 aliphatic carbocycles. The summed E-state index contributed by atoms with van der Waals surface area (Å²) in [6.45, 7) is 0. The van der Waals surface area contributed by atoms with Crippen LogP contribution >= 0.6 is 24.2 Å². The summed E-state index contributed by atoms with van der Waals surface area (Å²) in [4.78, 5) is 1.18. The fraction of sp³-hybridized carbons (Fsp3) is 0.333. The third-order valence-electron chi connectivity index (χ3n) is 1.99. The van der Waals surface area contributed by atoms with Crippen molar-refractivity contribution in [3.63, 3.8) is 0 Å². The summed E-state index contributed by atoms with van der Waals surface area (Å²) >= 11 is 1.73.